The number of hydrogen-bond acceptors (Lipinski definition) is 2. The second kappa shape index (κ2) is 4.97. The molecule has 2 aliphatic rings. The van der Waals surface area contributed by atoms with Crippen LogP contribution in [0.4, 0.5) is 5.69 Å². The number of carbonyl (C=O) groups excluding carboxylic acids is 1. The lowest BCUT2D eigenvalue weighted by Crippen LogP contribution is -2.17. The van der Waals surface area contributed by atoms with Crippen LogP contribution in [0.5, 0.6) is 0 Å². The Kier molecular flexibility index (Phi) is 3.46. The van der Waals surface area contributed by atoms with Crippen LogP contribution < -0.4 is 5.32 Å². The van der Waals surface area contributed by atoms with Crippen molar-refractivity contribution in [3.63, 3.8) is 0 Å². The first-order valence-electron chi connectivity index (χ1n) is 6.44. The fourth-order valence-corrected chi connectivity index (χ4v) is 3.69. The minimum atomic E-state index is -0.175. The molecular weight excluding hydrogens is 285 g/mol. The summed E-state index contributed by atoms with van der Waals surface area (Å²) in [6.07, 6.45) is 1.49. The lowest BCUT2D eigenvalue weighted by molar-refractivity contribution is -0.115. The van der Waals surface area contributed by atoms with Crippen molar-refractivity contribution in [3.8, 4) is 0 Å². The maximum absolute atomic E-state index is 11.4. The molecule has 3 unspecified atom stereocenters. The Bertz CT molecular complexity index is 532. The Hall–Kier alpha value is -0.770. The highest BCUT2D eigenvalue weighted by molar-refractivity contribution is 6.33. The van der Waals surface area contributed by atoms with Gasteiger partial charge in [-0.1, -0.05) is 17.7 Å². The highest BCUT2D eigenvalue weighted by Crippen LogP contribution is 2.42. The fraction of sp³-hybridized carbons (Fsp3) is 0.500. The van der Waals surface area contributed by atoms with Crippen LogP contribution >= 0.6 is 23.2 Å². The lowest BCUT2D eigenvalue weighted by Gasteiger charge is -2.22. The number of anilines is 1. The van der Waals surface area contributed by atoms with Crippen LogP contribution in [0.2, 0.25) is 5.02 Å². The third kappa shape index (κ3) is 2.35. The first-order valence-corrected chi connectivity index (χ1v) is 7.25. The van der Waals surface area contributed by atoms with Gasteiger partial charge in [-0.3, -0.25) is 4.79 Å². The molecule has 1 fully saturated rings. The van der Waals surface area contributed by atoms with Gasteiger partial charge < -0.3 is 10.1 Å². The van der Waals surface area contributed by atoms with E-state index in [1.165, 1.54) is 0 Å². The third-order valence-corrected chi connectivity index (χ3v) is 4.84. The molecule has 1 aromatic rings. The average Bonchev–Trinajstić information content (AvgIpc) is 2.92. The molecule has 19 heavy (non-hydrogen) atoms. The largest absolute Gasteiger partial charge is 0.378 e. The van der Waals surface area contributed by atoms with Crippen molar-refractivity contribution in [2.24, 2.45) is 5.92 Å². The summed E-state index contributed by atoms with van der Waals surface area (Å²) in [5.41, 5.74) is 2.68. The Labute approximate surface area is 122 Å². The molecule has 1 amide bonds. The molecule has 0 saturated carbocycles. The van der Waals surface area contributed by atoms with Gasteiger partial charge in [0.2, 0.25) is 5.91 Å². The van der Waals surface area contributed by atoms with Crippen molar-refractivity contribution in [1.29, 1.82) is 0 Å². The number of benzene rings is 1. The standard InChI is InChI=1S/C14H15Cl2NO2/c1-7-9(2-3-19-7)14(16)10-4-8-5-13(18)17-12(8)6-11(10)15/h4,6-7,9,14H,2-3,5H2,1H3,(H,17,18). The van der Waals surface area contributed by atoms with Gasteiger partial charge in [0.1, 0.15) is 0 Å². The predicted octanol–water partition coefficient (Wildman–Crippen LogP) is 3.54. The summed E-state index contributed by atoms with van der Waals surface area (Å²) >= 11 is 12.9. The Morgan fingerprint density at radius 1 is 1.47 bits per heavy atom. The number of amides is 1. The molecule has 0 radical (unpaired) electrons. The zero-order valence-electron chi connectivity index (χ0n) is 10.6. The van der Waals surface area contributed by atoms with Gasteiger partial charge in [0.25, 0.3) is 0 Å². The minimum absolute atomic E-state index is 0.00640. The number of alkyl halides is 1. The van der Waals surface area contributed by atoms with E-state index in [1.807, 2.05) is 13.0 Å². The van der Waals surface area contributed by atoms with E-state index in [0.717, 1.165) is 29.8 Å². The summed E-state index contributed by atoms with van der Waals surface area (Å²) in [6, 6.07) is 3.76. The molecule has 5 heteroatoms. The van der Waals surface area contributed by atoms with Crippen LogP contribution in [-0.2, 0) is 16.0 Å². The summed E-state index contributed by atoms with van der Waals surface area (Å²) in [5, 5.41) is 3.23. The summed E-state index contributed by atoms with van der Waals surface area (Å²) in [5.74, 6) is 0.272. The van der Waals surface area contributed by atoms with Gasteiger partial charge in [0, 0.05) is 23.2 Å². The van der Waals surface area contributed by atoms with E-state index in [-0.39, 0.29) is 23.3 Å². The number of halogens is 2. The molecule has 102 valence electrons. The second-order valence-corrected chi connectivity index (χ2v) is 6.06. The van der Waals surface area contributed by atoms with Gasteiger partial charge in [0.05, 0.1) is 17.9 Å². The highest BCUT2D eigenvalue weighted by atomic mass is 35.5. The Balaban J connectivity index is 1.93. The van der Waals surface area contributed by atoms with E-state index < -0.39 is 0 Å². The topological polar surface area (TPSA) is 38.3 Å². The van der Waals surface area contributed by atoms with Crippen LogP contribution in [0, 0.1) is 5.92 Å². The van der Waals surface area contributed by atoms with Crippen LogP contribution in [0.15, 0.2) is 12.1 Å². The quantitative estimate of drug-likeness (QED) is 0.848. The molecule has 1 saturated heterocycles. The third-order valence-electron chi connectivity index (χ3n) is 3.96. The van der Waals surface area contributed by atoms with Crippen molar-refractivity contribution >= 4 is 34.8 Å². The summed E-state index contributed by atoms with van der Waals surface area (Å²) < 4.78 is 5.56. The molecule has 3 atom stereocenters. The Morgan fingerprint density at radius 2 is 2.26 bits per heavy atom. The van der Waals surface area contributed by atoms with E-state index in [1.54, 1.807) is 6.07 Å². The van der Waals surface area contributed by atoms with Crippen molar-refractivity contribution in [3.05, 3.63) is 28.3 Å². The number of hydrogen-bond donors (Lipinski definition) is 1. The smallest absolute Gasteiger partial charge is 0.228 e. The van der Waals surface area contributed by atoms with Crippen molar-refractivity contribution in [2.45, 2.75) is 31.2 Å². The molecule has 0 aliphatic carbocycles. The number of ether oxygens (including phenoxy) is 1. The van der Waals surface area contributed by atoms with Gasteiger partial charge in [-0.05, 0) is 30.5 Å². The molecule has 2 heterocycles. The van der Waals surface area contributed by atoms with Gasteiger partial charge >= 0.3 is 0 Å². The molecule has 3 nitrogen and oxygen atoms in total. The van der Waals surface area contributed by atoms with Crippen LogP contribution in [0.1, 0.15) is 29.8 Å². The van der Waals surface area contributed by atoms with Crippen LogP contribution in [0.3, 0.4) is 0 Å². The minimum Gasteiger partial charge on any atom is -0.378 e. The van der Waals surface area contributed by atoms with Gasteiger partial charge in [-0.25, -0.2) is 0 Å². The van der Waals surface area contributed by atoms with E-state index in [4.69, 9.17) is 27.9 Å². The molecule has 0 bridgehead atoms. The molecule has 1 aromatic carbocycles. The molecule has 2 aliphatic heterocycles. The van der Waals surface area contributed by atoms with Crippen molar-refractivity contribution in [2.75, 3.05) is 11.9 Å². The monoisotopic (exact) mass is 299 g/mol. The maximum Gasteiger partial charge on any atom is 0.228 e. The number of fused-ring (bicyclic) bond motifs is 1. The summed E-state index contributed by atoms with van der Waals surface area (Å²) in [4.78, 5) is 11.4. The SMILES string of the molecule is CC1OCCC1C(Cl)c1cc2c(cc1Cl)NC(=O)C2. The molecule has 0 aromatic heterocycles. The highest BCUT2D eigenvalue weighted by Gasteiger charge is 2.33. The van der Waals surface area contributed by atoms with E-state index in [2.05, 4.69) is 5.32 Å². The maximum atomic E-state index is 11.4. The molecule has 0 spiro atoms. The first kappa shape index (κ1) is 13.2. The lowest BCUT2D eigenvalue weighted by atomic mass is 9.92. The molecule has 1 N–H and O–H groups in total. The van der Waals surface area contributed by atoms with E-state index >= 15 is 0 Å². The van der Waals surface area contributed by atoms with Crippen LogP contribution in [-0.4, -0.2) is 18.6 Å². The first-order chi connectivity index (χ1) is 9.06. The summed E-state index contributed by atoms with van der Waals surface area (Å²) in [7, 11) is 0. The van der Waals surface area contributed by atoms with Gasteiger partial charge in [-0.15, -0.1) is 11.6 Å². The zero-order valence-corrected chi connectivity index (χ0v) is 12.1. The number of carbonyl (C=O) groups is 1. The van der Waals surface area contributed by atoms with Crippen molar-refractivity contribution in [1.82, 2.24) is 0 Å². The predicted molar refractivity (Wildman–Crippen MR) is 75.9 cm³/mol. The Morgan fingerprint density at radius 3 is 2.95 bits per heavy atom. The average molecular weight is 300 g/mol. The van der Waals surface area contributed by atoms with Crippen LogP contribution in [0.25, 0.3) is 0 Å². The van der Waals surface area contributed by atoms with Gasteiger partial charge in [-0.2, -0.15) is 0 Å². The zero-order chi connectivity index (χ0) is 13.6. The molecule has 3 rings (SSSR count). The van der Waals surface area contributed by atoms with Gasteiger partial charge in [0.15, 0.2) is 0 Å². The molecular formula is C14H15Cl2NO2. The second-order valence-electron chi connectivity index (χ2n) is 5.19. The van der Waals surface area contributed by atoms with E-state index in [0.29, 0.717) is 11.4 Å². The number of nitrogens with one attached hydrogen (secondary N) is 1. The van der Waals surface area contributed by atoms with Crippen molar-refractivity contribution < 1.29 is 9.53 Å². The fourth-order valence-electron chi connectivity index (χ4n) is 2.84. The normalized spacial score (nSPS) is 27.2. The number of rotatable bonds is 2. The summed E-state index contributed by atoms with van der Waals surface area (Å²) in [6.45, 7) is 2.79. The van der Waals surface area contributed by atoms with E-state index in [9.17, 15) is 4.79 Å².